The van der Waals surface area contributed by atoms with Crippen LogP contribution in [0.25, 0.3) is 0 Å². The molecular formula is C33H64O4. The van der Waals surface area contributed by atoms with Crippen LogP contribution in [0, 0.1) is 11.3 Å². The predicted molar refractivity (Wildman–Crippen MR) is 158 cm³/mol. The Labute approximate surface area is 230 Å². The summed E-state index contributed by atoms with van der Waals surface area (Å²) in [6.07, 6.45) is 28.0. The van der Waals surface area contributed by atoms with Gasteiger partial charge in [-0.15, -0.1) is 0 Å². The Kier molecular flexibility index (Phi) is 24.5. The van der Waals surface area contributed by atoms with Crippen LogP contribution < -0.4 is 0 Å². The maximum atomic E-state index is 13.0. The van der Waals surface area contributed by atoms with Crippen LogP contribution in [0.5, 0.6) is 0 Å². The highest BCUT2D eigenvalue weighted by molar-refractivity contribution is 5.75. The van der Waals surface area contributed by atoms with Crippen molar-refractivity contribution in [1.29, 1.82) is 0 Å². The molecule has 0 fully saturated rings. The van der Waals surface area contributed by atoms with E-state index in [0.717, 1.165) is 44.9 Å². The minimum absolute atomic E-state index is 0.0307. The van der Waals surface area contributed by atoms with E-state index >= 15 is 0 Å². The van der Waals surface area contributed by atoms with Crippen LogP contribution in [0.4, 0.5) is 0 Å². The smallest absolute Gasteiger partial charge is 0.309 e. The lowest BCUT2D eigenvalue weighted by Crippen LogP contribution is -2.39. The fraction of sp³-hybridized carbons (Fsp3) is 0.939. The van der Waals surface area contributed by atoms with Crippen molar-refractivity contribution in [2.24, 2.45) is 11.3 Å². The van der Waals surface area contributed by atoms with E-state index in [1.165, 1.54) is 96.3 Å². The quantitative estimate of drug-likeness (QED) is 0.0954. The monoisotopic (exact) mass is 524 g/mol. The first-order chi connectivity index (χ1) is 17.9. The molecule has 0 aromatic carbocycles. The van der Waals surface area contributed by atoms with E-state index in [2.05, 4.69) is 20.8 Å². The molecule has 0 aliphatic carbocycles. The van der Waals surface area contributed by atoms with Gasteiger partial charge in [-0.25, -0.2) is 0 Å². The second kappa shape index (κ2) is 25.2. The molecule has 220 valence electrons. The summed E-state index contributed by atoms with van der Waals surface area (Å²) >= 11 is 0. The van der Waals surface area contributed by atoms with Gasteiger partial charge < -0.3 is 10.2 Å². The SMILES string of the molecule is CCCCCCCCCCCC(CCCCCCCCC)(C(=O)O)C(CCCCCCC)CCC(=O)O. The zero-order valence-corrected chi connectivity index (χ0v) is 25.2. The summed E-state index contributed by atoms with van der Waals surface area (Å²) in [4.78, 5) is 24.4. The number of rotatable bonds is 29. The lowest BCUT2D eigenvalue weighted by atomic mass is 9.65. The van der Waals surface area contributed by atoms with Crippen LogP contribution in [0.3, 0.4) is 0 Å². The molecule has 0 bridgehead atoms. The molecule has 0 spiro atoms. The Hall–Kier alpha value is -1.06. The molecule has 0 aromatic rings. The van der Waals surface area contributed by atoms with Crippen molar-refractivity contribution in [2.45, 2.75) is 188 Å². The van der Waals surface area contributed by atoms with E-state index in [1.54, 1.807) is 0 Å². The lowest BCUT2D eigenvalue weighted by molar-refractivity contribution is -0.156. The van der Waals surface area contributed by atoms with E-state index in [1.807, 2.05) is 0 Å². The molecule has 0 radical (unpaired) electrons. The van der Waals surface area contributed by atoms with Gasteiger partial charge in [0.05, 0.1) is 5.41 Å². The highest BCUT2D eigenvalue weighted by Crippen LogP contribution is 2.44. The molecule has 37 heavy (non-hydrogen) atoms. The second-order valence-electron chi connectivity index (χ2n) is 11.7. The molecule has 2 N–H and O–H groups in total. The van der Waals surface area contributed by atoms with E-state index in [-0.39, 0.29) is 12.3 Å². The Morgan fingerprint density at radius 2 is 0.865 bits per heavy atom. The molecule has 0 amide bonds. The highest BCUT2D eigenvalue weighted by Gasteiger charge is 2.44. The van der Waals surface area contributed by atoms with E-state index in [0.29, 0.717) is 19.3 Å². The van der Waals surface area contributed by atoms with E-state index in [9.17, 15) is 19.8 Å². The van der Waals surface area contributed by atoms with Gasteiger partial charge in [0.2, 0.25) is 0 Å². The first-order valence-corrected chi connectivity index (χ1v) is 16.4. The molecule has 0 aliphatic rings. The summed E-state index contributed by atoms with van der Waals surface area (Å²) in [6.45, 7) is 6.68. The largest absolute Gasteiger partial charge is 0.481 e. The summed E-state index contributed by atoms with van der Waals surface area (Å²) in [6, 6.07) is 0. The third-order valence-electron chi connectivity index (χ3n) is 8.52. The summed E-state index contributed by atoms with van der Waals surface area (Å²) in [5.41, 5.74) is -0.759. The van der Waals surface area contributed by atoms with Gasteiger partial charge in [0, 0.05) is 6.42 Å². The molecule has 4 nitrogen and oxygen atoms in total. The van der Waals surface area contributed by atoms with Gasteiger partial charge in [-0.05, 0) is 31.6 Å². The predicted octanol–water partition coefficient (Wildman–Crippen LogP) is 11.0. The van der Waals surface area contributed by atoms with Gasteiger partial charge in [0.25, 0.3) is 0 Å². The van der Waals surface area contributed by atoms with Gasteiger partial charge in [0.1, 0.15) is 0 Å². The number of aliphatic carboxylic acids is 2. The number of hydrogen-bond donors (Lipinski definition) is 2. The summed E-state index contributed by atoms with van der Waals surface area (Å²) in [5.74, 6) is -1.49. The molecule has 2 atom stereocenters. The van der Waals surface area contributed by atoms with Crippen molar-refractivity contribution in [3.05, 3.63) is 0 Å². The summed E-state index contributed by atoms with van der Waals surface area (Å²) in [7, 11) is 0. The fourth-order valence-corrected chi connectivity index (χ4v) is 6.06. The van der Waals surface area contributed by atoms with Crippen LogP contribution in [0.2, 0.25) is 0 Å². The number of unbranched alkanes of at least 4 members (excludes halogenated alkanes) is 18. The van der Waals surface area contributed by atoms with Crippen molar-refractivity contribution >= 4 is 11.9 Å². The Bertz CT molecular complexity index is 532. The molecule has 0 saturated carbocycles. The fourth-order valence-electron chi connectivity index (χ4n) is 6.06. The lowest BCUT2D eigenvalue weighted by Gasteiger charge is -2.38. The summed E-state index contributed by atoms with van der Waals surface area (Å²) < 4.78 is 0. The molecule has 0 aliphatic heterocycles. The summed E-state index contributed by atoms with van der Waals surface area (Å²) in [5, 5.41) is 20.1. The number of carbonyl (C=O) groups is 2. The van der Waals surface area contributed by atoms with Gasteiger partial charge >= 0.3 is 11.9 Å². The van der Waals surface area contributed by atoms with Crippen LogP contribution in [0.1, 0.15) is 188 Å². The first-order valence-electron chi connectivity index (χ1n) is 16.4. The number of carboxylic acid groups (broad SMARTS) is 2. The Balaban J connectivity index is 5.18. The molecule has 0 aromatic heterocycles. The molecule has 0 saturated heterocycles. The Morgan fingerprint density at radius 1 is 0.514 bits per heavy atom. The van der Waals surface area contributed by atoms with Gasteiger partial charge in [-0.3, -0.25) is 9.59 Å². The third-order valence-corrected chi connectivity index (χ3v) is 8.52. The molecule has 0 heterocycles. The van der Waals surface area contributed by atoms with Crippen molar-refractivity contribution in [3.63, 3.8) is 0 Å². The zero-order chi connectivity index (χ0) is 27.6. The minimum atomic E-state index is -0.797. The molecule has 0 rings (SSSR count). The first kappa shape index (κ1) is 35.9. The number of carboxylic acids is 2. The molecular weight excluding hydrogens is 460 g/mol. The second-order valence-corrected chi connectivity index (χ2v) is 11.7. The highest BCUT2D eigenvalue weighted by atomic mass is 16.4. The van der Waals surface area contributed by atoms with E-state index in [4.69, 9.17) is 0 Å². The van der Waals surface area contributed by atoms with Crippen LogP contribution >= 0.6 is 0 Å². The van der Waals surface area contributed by atoms with Crippen LogP contribution in [0.15, 0.2) is 0 Å². The van der Waals surface area contributed by atoms with Crippen molar-refractivity contribution in [3.8, 4) is 0 Å². The van der Waals surface area contributed by atoms with Crippen LogP contribution in [-0.2, 0) is 9.59 Å². The number of hydrogen-bond acceptors (Lipinski definition) is 2. The van der Waals surface area contributed by atoms with Crippen molar-refractivity contribution in [1.82, 2.24) is 0 Å². The third kappa shape index (κ3) is 18.8. The van der Waals surface area contributed by atoms with Crippen molar-refractivity contribution in [2.75, 3.05) is 0 Å². The maximum Gasteiger partial charge on any atom is 0.309 e. The normalized spacial score (nSPS) is 13.9. The van der Waals surface area contributed by atoms with Gasteiger partial charge in [0.15, 0.2) is 0 Å². The van der Waals surface area contributed by atoms with Gasteiger partial charge in [-0.2, -0.15) is 0 Å². The van der Waals surface area contributed by atoms with E-state index < -0.39 is 17.4 Å². The topological polar surface area (TPSA) is 74.6 Å². The van der Waals surface area contributed by atoms with Crippen molar-refractivity contribution < 1.29 is 19.8 Å². The van der Waals surface area contributed by atoms with Gasteiger partial charge in [-0.1, -0.05) is 156 Å². The molecule has 4 heteroatoms. The maximum absolute atomic E-state index is 13.0. The van der Waals surface area contributed by atoms with Crippen LogP contribution in [-0.4, -0.2) is 22.2 Å². The Morgan fingerprint density at radius 3 is 1.22 bits per heavy atom. The standard InChI is InChI=1S/C33H64O4/c1-4-7-10-13-15-16-18-21-24-29-33(32(36)37,28-23-20-17-14-11-8-5-2)30(26-27-31(34)35)25-22-19-12-9-6-3/h30H,4-29H2,1-3H3,(H,34,35)(H,36,37). The molecule has 2 unspecified atom stereocenters. The zero-order valence-electron chi connectivity index (χ0n) is 25.2. The average Bonchev–Trinajstić information content (AvgIpc) is 2.87. The minimum Gasteiger partial charge on any atom is -0.481 e. The average molecular weight is 525 g/mol.